The van der Waals surface area contributed by atoms with Crippen LogP contribution in [-0.4, -0.2) is 37.2 Å². The molecule has 2 N–H and O–H groups in total. The van der Waals surface area contributed by atoms with Crippen LogP contribution in [0.4, 0.5) is 0 Å². The number of pyridine rings is 1. The van der Waals surface area contributed by atoms with E-state index in [1.807, 2.05) is 13.1 Å². The molecule has 0 spiro atoms. The fourth-order valence-electron chi connectivity index (χ4n) is 3.01. The number of hydrogen-bond acceptors (Lipinski definition) is 3. The van der Waals surface area contributed by atoms with Crippen LogP contribution in [0.5, 0.6) is 5.75 Å². The molecular formula is C21H28N4O. The molecule has 0 amide bonds. The molecule has 138 valence electrons. The second-order valence-corrected chi connectivity index (χ2v) is 6.54. The lowest BCUT2D eigenvalue weighted by molar-refractivity contribution is 0.357. The van der Waals surface area contributed by atoms with Crippen LogP contribution >= 0.6 is 0 Å². The summed E-state index contributed by atoms with van der Waals surface area (Å²) in [6.45, 7) is 7.36. The number of benzene rings is 1. The van der Waals surface area contributed by atoms with Crippen molar-refractivity contribution in [2.75, 3.05) is 26.2 Å². The van der Waals surface area contributed by atoms with Crippen molar-refractivity contribution in [3.63, 3.8) is 0 Å². The van der Waals surface area contributed by atoms with E-state index >= 15 is 0 Å². The molecule has 2 heterocycles. The van der Waals surface area contributed by atoms with Crippen LogP contribution in [0.2, 0.25) is 0 Å². The molecule has 0 radical (unpaired) electrons. The van der Waals surface area contributed by atoms with Crippen molar-refractivity contribution in [2.24, 2.45) is 4.99 Å². The van der Waals surface area contributed by atoms with Gasteiger partial charge in [0.1, 0.15) is 5.75 Å². The van der Waals surface area contributed by atoms with Gasteiger partial charge < -0.3 is 15.4 Å². The highest BCUT2D eigenvalue weighted by molar-refractivity contribution is 5.79. The van der Waals surface area contributed by atoms with E-state index in [9.17, 15) is 0 Å². The first-order valence-corrected chi connectivity index (χ1v) is 9.43. The van der Waals surface area contributed by atoms with E-state index in [1.165, 1.54) is 16.7 Å². The number of aromatic nitrogens is 1. The fourth-order valence-corrected chi connectivity index (χ4v) is 3.01. The Kier molecular flexibility index (Phi) is 6.47. The van der Waals surface area contributed by atoms with Crippen LogP contribution < -0.4 is 15.4 Å². The highest BCUT2D eigenvalue weighted by atomic mass is 16.5. The molecule has 5 nitrogen and oxygen atoms in total. The molecule has 0 aliphatic carbocycles. The number of aliphatic imine (C=N–C) groups is 1. The molecular weight excluding hydrogens is 324 g/mol. The Morgan fingerprint density at radius 2 is 2.04 bits per heavy atom. The van der Waals surface area contributed by atoms with Crippen molar-refractivity contribution in [3.05, 3.63) is 58.9 Å². The maximum Gasteiger partial charge on any atom is 0.191 e. The van der Waals surface area contributed by atoms with Gasteiger partial charge in [-0.3, -0.25) is 9.98 Å². The van der Waals surface area contributed by atoms with Crippen LogP contribution in [0.3, 0.4) is 0 Å². The predicted octanol–water partition coefficient (Wildman–Crippen LogP) is 2.67. The summed E-state index contributed by atoms with van der Waals surface area (Å²) in [5.41, 5.74) is 4.93. The standard InChI is InChI=1S/C21H28N4O/c1-3-22-21(24-12-9-18-5-4-16(2)25-15-18)23-11-8-17-6-7-20-19(14-17)10-13-26-20/h4-7,14-15H,3,8-13H2,1-2H3,(H2,22,23,24). The van der Waals surface area contributed by atoms with Crippen LogP contribution in [0.15, 0.2) is 41.5 Å². The van der Waals surface area contributed by atoms with Crippen molar-refractivity contribution >= 4 is 5.96 Å². The minimum atomic E-state index is 0.765. The number of guanidine groups is 1. The van der Waals surface area contributed by atoms with E-state index in [4.69, 9.17) is 9.73 Å². The zero-order valence-corrected chi connectivity index (χ0v) is 15.7. The highest BCUT2D eigenvalue weighted by Gasteiger charge is 2.11. The van der Waals surface area contributed by atoms with Crippen molar-refractivity contribution < 1.29 is 4.74 Å². The summed E-state index contributed by atoms with van der Waals surface area (Å²) in [7, 11) is 0. The summed E-state index contributed by atoms with van der Waals surface area (Å²) in [6, 6.07) is 10.7. The lowest BCUT2D eigenvalue weighted by Gasteiger charge is -2.11. The normalized spacial score (nSPS) is 13.2. The van der Waals surface area contributed by atoms with Gasteiger partial charge in [-0.2, -0.15) is 0 Å². The van der Waals surface area contributed by atoms with Gasteiger partial charge in [-0.1, -0.05) is 18.2 Å². The molecule has 5 heteroatoms. The van der Waals surface area contributed by atoms with Crippen LogP contribution in [0, 0.1) is 6.92 Å². The van der Waals surface area contributed by atoms with Crippen molar-refractivity contribution in [1.82, 2.24) is 15.6 Å². The predicted molar refractivity (Wildman–Crippen MR) is 106 cm³/mol. The minimum Gasteiger partial charge on any atom is -0.493 e. The molecule has 0 unspecified atom stereocenters. The Hall–Kier alpha value is -2.56. The molecule has 26 heavy (non-hydrogen) atoms. The Balaban J connectivity index is 1.47. The van der Waals surface area contributed by atoms with Gasteiger partial charge in [0.05, 0.1) is 6.61 Å². The first kappa shape index (κ1) is 18.2. The number of nitrogens with one attached hydrogen (secondary N) is 2. The zero-order chi connectivity index (χ0) is 18.2. The average Bonchev–Trinajstić information content (AvgIpc) is 3.11. The molecule has 3 rings (SSSR count). The Bertz CT molecular complexity index is 740. The maximum atomic E-state index is 5.56. The van der Waals surface area contributed by atoms with Crippen molar-refractivity contribution in [3.8, 4) is 5.75 Å². The first-order chi connectivity index (χ1) is 12.7. The largest absolute Gasteiger partial charge is 0.493 e. The topological polar surface area (TPSA) is 58.5 Å². The molecule has 0 saturated carbocycles. The molecule has 2 aromatic rings. The number of ether oxygens (including phenoxy) is 1. The van der Waals surface area contributed by atoms with E-state index in [0.717, 1.165) is 62.9 Å². The third-order valence-corrected chi connectivity index (χ3v) is 4.45. The molecule has 1 aromatic carbocycles. The Morgan fingerprint density at radius 1 is 1.15 bits per heavy atom. The first-order valence-electron chi connectivity index (χ1n) is 9.43. The summed E-state index contributed by atoms with van der Waals surface area (Å²) in [6.07, 6.45) is 4.83. The lowest BCUT2D eigenvalue weighted by Crippen LogP contribution is -2.38. The average molecular weight is 352 g/mol. The lowest BCUT2D eigenvalue weighted by atomic mass is 10.1. The third kappa shape index (κ3) is 5.22. The van der Waals surface area contributed by atoms with Crippen molar-refractivity contribution in [2.45, 2.75) is 33.1 Å². The molecule has 1 aliphatic heterocycles. The third-order valence-electron chi connectivity index (χ3n) is 4.45. The molecule has 0 fully saturated rings. The van der Waals surface area contributed by atoms with Crippen LogP contribution in [-0.2, 0) is 19.3 Å². The van der Waals surface area contributed by atoms with Gasteiger partial charge in [0, 0.05) is 37.9 Å². The molecule has 0 saturated heterocycles. The maximum absolute atomic E-state index is 5.56. The number of aryl methyl sites for hydroxylation is 1. The van der Waals surface area contributed by atoms with Gasteiger partial charge in [0.25, 0.3) is 0 Å². The smallest absolute Gasteiger partial charge is 0.191 e. The number of rotatable bonds is 7. The second-order valence-electron chi connectivity index (χ2n) is 6.54. The number of nitrogens with zero attached hydrogens (tertiary/aromatic N) is 2. The SMILES string of the molecule is CCNC(=NCCc1ccc2c(c1)CCO2)NCCc1ccc(C)nc1. The van der Waals surface area contributed by atoms with Gasteiger partial charge >= 0.3 is 0 Å². The Morgan fingerprint density at radius 3 is 2.85 bits per heavy atom. The summed E-state index contributed by atoms with van der Waals surface area (Å²) in [4.78, 5) is 9.03. The minimum absolute atomic E-state index is 0.765. The monoisotopic (exact) mass is 352 g/mol. The molecule has 0 bridgehead atoms. The molecule has 0 atom stereocenters. The van der Waals surface area contributed by atoms with Gasteiger partial charge in [0.2, 0.25) is 0 Å². The summed E-state index contributed by atoms with van der Waals surface area (Å²) in [5.74, 6) is 1.91. The Labute approximate surface area is 155 Å². The zero-order valence-electron chi connectivity index (χ0n) is 15.7. The van der Waals surface area contributed by atoms with E-state index in [2.05, 4.69) is 52.9 Å². The molecule has 1 aliphatic rings. The summed E-state index contributed by atoms with van der Waals surface area (Å²) >= 11 is 0. The van der Waals surface area contributed by atoms with E-state index in [-0.39, 0.29) is 0 Å². The van der Waals surface area contributed by atoms with Gasteiger partial charge in [0.15, 0.2) is 5.96 Å². The number of fused-ring (bicyclic) bond motifs is 1. The second kappa shape index (κ2) is 9.22. The van der Waals surface area contributed by atoms with Crippen LogP contribution in [0.25, 0.3) is 0 Å². The van der Waals surface area contributed by atoms with Crippen molar-refractivity contribution in [1.29, 1.82) is 0 Å². The molecule has 1 aromatic heterocycles. The van der Waals surface area contributed by atoms with Gasteiger partial charge in [-0.15, -0.1) is 0 Å². The number of hydrogen-bond donors (Lipinski definition) is 2. The summed E-state index contributed by atoms with van der Waals surface area (Å²) < 4.78 is 5.56. The quantitative estimate of drug-likeness (QED) is 0.594. The van der Waals surface area contributed by atoms with E-state index in [0.29, 0.717) is 0 Å². The summed E-state index contributed by atoms with van der Waals surface area (Å²) in [5, 5.41) is 6.71. The van der Waals surface area contributed by atoms with E-state index < -0.39 is 0 Å². The highest BCUT2D eigenvalue weighted by Crippen LogP contribution is 2.25. The van der Waals surface area contributed by atoms with E-state index in [1.54, 1.807) is 0 Å². The fraction of sp³-hybridized carbons (Fsp3) is 0.429. The van der Waals surface area contributed by atoms with Crippen LogP contribution in [0.1, 0.15) is 29.3 Å². The van der Waals surface area contributed by atoms with Gasteiger partial charge in [-0.25, -0.2) is 0 Å². The van der Waals surface area contributed by atoms with Gasteiger partial charge in [-0.05, 0) is 55.5 Å².